The van der Waals surface area contributed by atoms with Crippen LogP contribution < -0.4 is 0 Å². The molecule has 0 amide bonds. The minimum Gasteiger partial charge on any atom is -0.331 e. The maximum absolute atomic E-state index is 5.33. The van der Waals surface area contributed by atoms with Crippen LogP contribution in [0.1, 0.15) is 62.5 Å². The summed E-state index contributed by atoms with van der Waals surface area (Å²) in [5.74, 6) is -0.870. The summed E-state index contributed by atoms with van der Waals surface area (Å²) in [6.45, 7) is 3.81. The fraction of sp³-hybridized carbons (Fsp3) is 0.481. The van der Waals surface area contributed by atoms with E-state index in [1.165, 1.54) is 55.2 Å². The molecule has 0 heterocycles. The molecule has 2 aromatic rings. The lowest BCUT2D eigenvalue weighted by Crippen LogP contribution is -2.35. The van der Waals surface area contributed by atoms with Crippen molar-refractivity contribution in [1.82, 2.24) is 0 Å². The van der Waals surface area contributed by atoms with Gasteiger partial charge in [0, 0.05) is 27.8 Å². The molecule has 2 aromatic carbocycles. The second-order valence-corrected chi connectivity index (χ2v) is 7.79. The molecule has 0 aliphatic rings. The van der Waals surface area contributed by atoms with Gasteiger partial charge < -0.3 is 14.2 Å². The van der Waals surface area contributed by atoms with Crippen LogP contribution in [-0.4, -0.2) is 27.3 Å². The van der Waals surface area contributed by atoms with E-state index in [2.05, 4.69) is 55.1 Å². The van der Waals surface area contributed by atoms with Crippen LogP contribution in [0.15, 0.2) is 55.1 Å². The molecule has 0 bridgehead atoms. The maximum Gasteiger partial charge on any atom is 0.282 e. The molecule has 0 aromatic heterocycles. The quantitative estimate of drug-likeness (QED) is 0.228. The third kappa shape index (κ3) is 7.71. The Bertz CT molecular complexity index is 707. The highest BCUT2D eigenvalue weighted by Gasteiger charge is 2.28. The van der Waals surface area contributed by atoms with Gasteiger partial charge in [-0.25, -0.2) is 0 Å². The van der Waals surface area contributed by atoms with Gasteiger partial charge in [-0.1, -0.05) is 93.3 Å². The number of methoxy groups -OCH3 is 3. The van der Waals surface area contributed by atoms with Crippen molar-refractivity contribution in [1.29, 1.82) is 0 Å². The molecule has 0 spiro atoms. The van der Waals surface area contributed by atoms with Crippen molar-refractivity contribution in [3.63, 3.8) is 0 Å². The fourth-order valence-corrected chi connectivity index (χ4v) is 3.79. The highest BCUT2D eigenvalue weighted by atomic mass is 16.9. The van der Waals surface area contributed by atoms with Crippen molar-refractivity contribution in [2.45, 2.75) is 63.8 Å². The summed E-state index contributed by atoms with van der Waals surface area (Å²) >= 11 is 0. The minimum atomic E-state index is -0.870. The van der Waals surface area contributed by atoms with Crippen LogP contribution in [0.5, 0.6) is 0 Å². The predicted octanol–water partition coefficient (Wildman–Crippen LogP) is 7.25. The molecule has 0 radical (unpaired) electrons. The van der Waals surface area contributed by atoms with E-state index in [1.807, 2.05) is 6.08 Å². The lowest BCUT2D eigenvalue weighted by Gasteiger charge is -2.28. The smallest absolute Gasteiger partial charge is 0.282 e. The van der Waals surface area contributed by atoms with E-state index < -0.39 is 5.97 Å². The van der Waals surface area contributed by atoms with Gasteiger partial charge in [0.25, 0.3) is 5.97 Å². The van der Waals surface area contributed by atoms with Crippen molar-refractivity contribution in [2.24, 2.45) is 0 Å². The van der Waals surface area contributed by atoms with Gasteiger partial charge in [0.05, 0.1) is 0 Å². The molecule has 164 valence electrons. The first-order valence-corrected chi connectivity index (χ1v) is 11.1. The van der Waals surface area contributed by atoms with Gasteiger partial charge in [0.2, 0.25) is 0 Å². The Morgan fingerprint density at radius 3 is 1.63 bits per heavy atom. The van der Waals surface area contributed by atoms with Gasteiger partial charge in [-0.05, 0) is 41.5 Å². The summed E-state index contributed by atoms with van der Waals surface area (Å²) in [4.78, 5) is 0. The van der Waals surface area contributed by atoms with Crippen LogP contribution in [0.3, 0.4) is 0 Å². The molecule has 0 atom stereocenters. The maximum atomic E-state index is 5.33. The predicted molar refractivity (Wildman–Crippen MR) is 126 cm³/mol. The highest BCUT2D eigenvalue weighted by Crippen LogP contribution is 2.23. The SMILES string of the molecule is C=Cc1ccc(-c2ccc(CCCCCCCCCC(OC)(OC)OC)cc2)cc1. The second kappa shape index (κ2) is 13.4. The van der Waals surface area contributed by atoms with Crippen molar-refractivity contribution < 1.29 is 14.2 Å². The Hall–Kier alpha value is -1.94. The van der Waals surface area contributed by atoms with Crippen molar-refractivity contribution >= 4 is 6.08 Å². The average Bonchev–Trinajstić information content (AvgIpc) is 2.81. The van der Waals surface area contributed by atoms with Gasteiger partial charge >= 0.3 is 0 Å². The number of hydrogen-bond donors (Lipinski definition) is 0. The Morgan fingerprint density at radius 1 is 0.667 bits per heavy atom. The van der Waals surface area contributed by atoms with Crippen LogP contribution in [-0.2, 0) is 20.6 Å². The van der Waals surface area contributed by atoms with Gasteiger partial charge in [0.15, 0.2) is 0 Å². The fourth-order valence-electron chi connectivity index (χ4n) is 3.79. The topological polar surface area (TPSA) is 27.7 Å². The molecule has 3 heteroatoms. The normalized spacial score (nSPS) is 11.6. The van der Waals surface area contributed by atoms with E-state index in [4.69, 9.17) is 14.2 Å². The monoisotopic (exact) mass is 410 g/mol. The first-order chi connectivity index (χ1) is 14.7. The van der Waals surface area contributed by atoms with E-state index in [-0.39, 0.29) is 0 Å². The summed E-state index contributed by atoms with van der Waals surface area (Å²) in [5.41, 5.74) is 5.11. The van der Waals surface area contributed by atoms with Crippen LogP contribution in [0, 0.1) is 0 Å². The first-order valence-electron chi connectivity index (χ1n) is 11.1. The summed E-state index contributed by atoms with van der Waals surface area (Å²) < 4.78 is 16.0. The molecule has 0 aliphatic heterocycles. The lowest BCUT2D eigenvalue weighted by molar-refractivity contribution is -0.355. The highest BCUT2D eigenvalue weighted by molar-refractivity contribution is 5.65. The van der Waals surface area contributed by atoms with Crippen LogP contribution >= 0.6 is 0 Å². The number of hydrogen-bond acceptors (Lipinski definition) is 3. The zero-order valence-corrected chi connectivity index (χ0v) is 19.0. The molecule has 30 heavy (non-hydrogen) atoms. The van der Waals surface area contributed by atoms with Gasteiger partial charge in [-0.15, -0.1) is 0 Å². The van der Waals surface area contributed by atoms with E-state index >= 15 is 0 Å². The van der Waals surface area contributed by atoms with Crippen LogP contribution in [0.4, 0.5) is 0 Å². The van der Waals surface area contributed by atoms with Crippen molar-refractivity contribution in [3.05, 3.63) is 66.2 Å². The van der Waals surface area contributed by atoms with E-state index in [0.29, 0.717) is 0 Å². The molecule has 3 nitrogen and oxygen atoms in total. The average molecular weight is 411 g/mol. The van der Waals surface area contributed by atoms with E-state index in [1.54, 1.807) is 21.3 Å². The van der Waals surface area contributed by atoms with Crippen LogP contribution in [0.25, 0.3) is 17.2 Å². The van der Waals surface area contributed by atoms with Crippen molar-refractivity contribution in [2.75, 3.05) is 21.3 Å². The third-order valence-corrected chi connectivity index (χ3v) is 5.82. The Labute approximate surface area is 183 Å². The molecule has 0 N–H and O–H groups in total. The Balaban J connectivity index is 1.58. The van der Waals surface area contributed by atoms with Gasteiger partial charge in [-0.2, -0.15) is 0 Å². The molecular formula is C27H38O3. The molecule has 2 rings (SSSR count). The lowest BCUT2D eigenvalue weighted by atomic mass is 10.00. The molecule has 0 saturated carbocycles. The summed E-state index contributed by atoms with van der Waals surface area (Å²) in [6, 6.07) is 17.5. The molecule has 0 fully saturated rings. The number of benzene rings is 2. The Morgan fingerprint density at radius 2 is 1.13 bits per heavy atom. The Kier molecular flexibility index (Phi) is 10.9. The first kappa shape index (κ1) is 24.3. The largest absolute Gasteiger partial charge is 0.331 e. The minimum absolute atomic E-state index is 0.769. The zero-order chi connectivity index (χ0) is 21.7. The summed E-state index contributed by atoms with van der Waals surface area (Å²) in [5, 5.41) is 0. The molecule has 0 aliphatic carbocycles. The van der Waals surface area contributed by atoms with Crippen LogP contribution in [0.2, 0.25) is 0 Å². The molecule has 0 unspecified atom stereocenters. The number of aryl methyl sites for hydroxylation is 1. The van der Waals surface area contributed by atoms with Crippen molar-refractivity contribution in [3.8, 4) is 11.1 Å². The molecular weight excluding hydrogens is 372 g/mol. The molecule has 0 saturated heterocycles. The number of unbranched alkanes of at least 4 members (excludes halogenated alkanes) is 6. The zero-order valence-electron chi connectivity index (χ0n) is 19.0. The second-order valence-electron chi connectivity index (χ2n) is 7.79. The summed E-state index contributed by atoms with van der Waals surface area (Å²) in [6.07, 6.45) is 12.5. The standard InChI is InChI=1S/C27H38O3/c1-5-23-14-18-25(19-15-23)26-20-16-24(17-21-26)13-11-9-7-6-8-10-12-22-27(28-2,29-3)30-4/h5,14-21H,1,6-13,22H2,2-4H3. The van der Waals surface area contributed by atoms with E-state index in [0.717, 1.165) is 24.8 Å². The van der Waals surface area contributed by atoms with E-state index in [9.17, 15) is 0 Å². The van der Waals surface area contributed by atoms with Gasteiger partial charge in [-0.3, -0.25) is 0 Å². The summed E-state index contributed by atoms with van der Waals surface area (Å²) in [7, 11) is 4.88. The number of rotatable bonds is 15. The third-order valence-electron chi connectivity index (χ3n) is 5.82. The van der Waals surface area contributed by atoms with Gasteiger partial charge in [0.1, 0.15) is 0 Å². The number of ether oxygens (including phenoxy) is 3.